The Labute approximate surface area is 343 Å². The Morgan fingerprint density at radius 1 is 0.833 bits per heavy atom. The van der Waals surface area contributed by atoms with E-state index in [1.165, 1.54) is 14.2 Å². The van der Waals surface area contributed by atoms with E-state index in [0.29, 0.717) is 67.1 Å². The van der Waals surface area contributed by atoms with Crippen LogP contribution < -0.4 is 5.32 Å². The summed E-state index contributed by atoms with van der Waals surface area (Å²) in [4.78, 5) is 91.8. The fourth-order valence-electron chi connectivity index (χ4n) is 8.23. The number of methoxy groups -OCH3 is 2. The van der Waals surface area contributed by atoms with Gasteiger partial charge in [0.15, 0.2) is 0 Å². The lowest BCUT2D eigenvalue weighted by molar-refractivity contribution is -0.149. The van der Waals surface area contributed by atoms with Crippen molar-refractivity contribution in [3.05, 3.63) is 93.6 Å². The van der Waals surface area contributed by atoms with Gasteiger partial charge in [-0.15, -0.1) is 0 Å². The Balaban J connectivity index is 1.66. The third kappa shape index (κ3) is 7.75. The van der Waals surface area contributed by atoms with Crippen LogP contribution in [0.1, 0.15) is 84.6 Å². The SMILES string of the molecule is C=Cc1c(C)c2cc3nc(cc4[nH]c(cc5nc(cc1[nH]2)C(C)=C5CCC(=O)NC(CC(=O)O)C(=O)O)c(CCC(=O)O)c4C)[C@@]1(C)C3=CC=C(C(=O)OC)[C@H]1C(=O)OC. The van der Waals surface area contributed by atoms with Gasteiger partial charge in [0, 0.05) is 40.5 Å². The Kier molecular flexibility index (Phi) is 11.8. The van der Waals surface area contributed by atoms with Crippen molar-refractivity contribution in [1.29, 1.82) is 0 Å². The van der Waals surface area contributed by atoms with Gasteiger partial charge in [0.25, 0.3) is 0 Å². The number of hydrogen-bond acceptors (Lipinski definition) is 10. The van der Waals surface area contributed by atoms with Crippen molar-refractivity contribution in [2.24, 2.45) is 5.92 Å². The molecule has 1 amide bonds. The Morgan fingerprint density at radius 2 is 1.50 bits per heavy atom. The molecule has 1 unspecified atom stereocenters. The molecular formula is C44H45N5O11. The number of aryl methyl sites for hydroxylation is 3. The molecule has 3 aliphatic rings. The van der Waals surface area contributed by atoms with Gasteiger partial charge in [-0.1, -0.05) is 24.8 Å². The lowest BCUT2D eigenvalue weighted by Crippen LogP contribution is -2.42. The number of carboxylic acids is 3. The number of carbonyl (C=O) groups excluding carboxylic acids is 3. The molecule has 2 aliphatic heterocycles. The van der Waals surface area contributed by atoms with Crippen molar-refractivity contribution in [2.45, 2.75) is 71.3 Å². The highest BCUT2D eigenvalue weighted by molar-refractivity contribution is 6.02. The number of esters is 2. The molecule has 3 atom stereocenters. The van der Waals surface area contributed by atoms with Crippen LogP contribution in [0, 0.1) is 19.8 Å². The molecule has 1 aliphatic carbocycles. The maximum Gasteiger partial charge on any atom is 0.334 e. The van der Waals surface area contributed by atoms with Gasteiger partial charge in [0.1, 0.15) is 12.0 Å². The Bertz CT molecular complexity index is 2660. The second kappa shape index (κ2) is 16.6. The topological polar surface area (TPSA) is 251 Å². The van der Waals surface area contributed by atoms with Crippen LogP contribution in [0.5, 0.6) is 0 Å². The average Bonchev–Trinajstić information content (AvgIpc) is 3.85. The number of ether oxygens (including phenoxy) is 2. The first kappa shape index (κ1) is 42.5. The molecule has 16 nitrogen and oxygen atoms in total. The quantitative estimate of drug-likeness (QED) is 0.115. The monoisotopic (exact) mass is 819 g/mol. The van der Waals surface area contributed by atoms with E-state index in [4.69, 9.17) is 24.5 Å². The average molecular weight is 820 g/mol. The maximum atomic E-state index is 13.7. The molecule has 0 radical (unpaired) electrons. The molecule has 16 heteroatoms. The van der Waals surface area contributed by atoms with Gasteiger partial charge in [-0.3, -0.25) is 24.2 Å². The first-order chi connectivity index (χ1) is 28.4. The minimum atomic E-state index is -1.62. The number of carbonyl (C=O) groups is 6. The van der Waals surface area contributed by atoms with Crippen LogP contribution in [0.3, 0.4) is 0 Å². The predicted molar refractivity (Wildman–Crippen MR) is 221 cm³/mol. The summed E-state index contributed by atoms with van der Waals surface area (Å²) in [6, 6.07) is 5.62. The minimum absolute atomic E-state index is 0.0832. The third-order valence-electron chi connectivity index (χ3n) is 11.5. The van der Waals surface area contributed by atoms with Crippen molar-refractivity contribution in [3.63, 3.8) is 0 Å². The van der Waals surface area contributed by atoms with E-state index in [1.54, 1.807) is 30.4 Å². The number of allylic oxidation sites excluding steroid dienone is 5. The second-order valence-electron chi connectivity index (χ2n) is 15.0. The number of aliphatic carboxylic acids is 3. The van der Waals surface area contributed by atoms with E-state index in [9.17, 15) is 39.0 Å². The van der Waals surface area contributed by atoms with E-state index in [2.05, 4.69) is 21.9 Å². The van der Waals surface area contributed by atoms with E-state index in [0.717, 1.165) is 16.7 Å². The van der Waals surface area contributed by atoms with Crippen LogP contribution in [0.2, 0.25) is 0 Å². The van der Waals surface area contributed by atoms with E-state index in [1.807, 2.05) is 39.8 Å². The summed E-state index contributed by atoms with van der Waals surface area (Å²) in [6.07, 6.45) is 4.04. The van der Waals surface area contributed by atoms with Crippen LogP contribution in [0.15, 0.2) is 48.6 Å². The molecule has 0 saturated heterocycles. The van der Waals surface area contributed by atoms with E-state index < -0.39 is 59.5 Å². The molecule has 0 saturated carbocycles. The first-order valence-corrected chi connectivity index (χ1v) is 19.1. The van der Waals surface area contributed by atoms with Crippen LogP contribution >= 0.6 is 0 Å². The fraction of sp³-hybridized carbons (Fsp3) is 0.318. The molecule has 0 aromatic carbocycles. The molecule has 312 valence electrons. The second-order valence-corrected chi connectivity index (χ2v) is 15.0. The fourth-order valence-corrected chi connectivity index (χ4v) is 8.23. The van der Waals surface area contributed by atoms with Gasteiger partial charge in [-0.25, -0.2) is 14.6 Å². The number of hydrogen-bond donors (Lipinski definition) is 6. The molecule has 8 bridgehead atoms. The van der Waals surface area contributed by atoms with Crippen LogP contribution in [-0.2, 0) is 50.1 Å². The Hall–Kier alpha value is -7.10. The van der Waals surface area contributed by atoms with Crippen molar-refractivity contribution in [2.75, 3.05) is 14.2 Å². The molecule has 3 aromatic rings. The normalized spacial score (nSPS) is 17.5. The smallest absolute Gasteiger partial charge is 0.334 e. The van der Waals surface area contributed by atoms with Gasteiger partial charge in [0.2, 0.25) is 5.91 Å². The van der Waals surface area contributed by atoms with Gasteiger partial charge in [-0.05, 0) is 98.2 Å². The van der Waals surface area contributed by atoms with Gasteiger partial charge in [-0.2, -0.15) is 0 Å². The summed E-state index contributed by atoms with van der Waals surface area (Å²) in [5.41, 5.74) is 8.16. The molecule has 0 fully saturated rings. The van der Waals surface area contributed by atoms with Crippen LogP contribution in [-0.4, -0.2) is 91.3 Å². The number of aromatic amines is 2. The van der Waals surface area contributed by atoms with Crippen LogP contribution in [0.4, 0.5) is 0 Å². The zero-order valence-electron chi connectivity index (χ0n) is 33.9. The summed E-state index contributed by atoms with van der Waals surface area (Å²) in [5.74, 6) is -7.08. The number of fused-ring (bicyclic) bond motifs is 11. The van der Waals surface area contributed by atoms with Gasteiger partial charge < -0.3 is 40.1 Å². The van der Waals surface area contributed by atoms with E-state index >= 15 is 0 Å². The lowest BCUT2D eigenvalue weighted by Gasteiger charge is -2.36. The predicted octanol–water partition coefficient (Wildman–Crippen LogP) is 5.59. The van der Waals surface area contributed by atoms with Crippen molar-refractivity contribution in [1.82, 2.24) is 25.3 Å². The maximum absolute atomic E-state index is 13.7. The van der Waals surface area contributed by atoms with Crippen molar-refractivity contribution < 1.29 is 53.6 Å². The molecule has 6 rings (SSSR count). The van der Waals surface area contributed by atoms with Crippen molar-refractivity contribution >= 4 is 80.6 Å². The minimum Gasteiger partial charge on any atom is -0.481 e. The Morgan fingerprint density at radius 3 is 2.13 bits per heavy atom. The highest BCUT2D eigenvalue weighted by atomic mass is 16.5. The number of amides is 1. The highest BCUT2D eigenvalue weighted by Crippen LogP contribution is 2.52. The molecule has 3 aromatic heterocycles. The summed E-state index contributed by atoms with van der Waals surface area (Å²) in [7, 11) is 2.47. The molecular weight excluding hydrogens is 775 g/mol. The largest absolute Gasteiger partial charge is 0.481 e. The zero-order chi connectivity index (χ0) is 43.8. The highest BCUT2D eigenvalue weighted by Gasteiger charge is 2.53. The third-order valence-corrected chi connectivity index (χ3v) is 11.5. The number of carboxylic acid groups (broad SMARTS) is 3. The molecule has 6 N–H and O–H groups in total. The lowest BCUT2D eigenvalue weighted by atomic mass is 9.64. The summed E-state index contributed by atoms with van der Waals surface area (Å²) in [5, 5.41) is 30.7. The summed E-state index contributed by atoms with van der Waals surface area (Å²) < 4.78 is 10.4. The van der Waals surface area contributed by atoms with Crippen molar-refractivity contribution in [3.8, 4) is 0 Å². The summed E-state index contributed by atoms with van der Waals surface area (Å²) in [6.45, 7) is 11.5. The van der Waals surface area contributed by atoms with E-state index in [-0.39, 0.29) is 31.3 Å². The zero-order valence-corrected chi connectivity index (χ0v) is 33.9. The van der Waals surface area contributed by atoms with Gasteiger partial charge >= 0.3 is 29.8 Å². The number of nitrogens with zero attached hydrogens (tertiary/aromatic N) is 2. The first-order valence-electron chi connectivity index (χ1n) is 19.1. The standard InChI is InChI=1S/C44H45N5O11/c1-8-23-20(2)29-16-34-27-12-9-26(42(57)59-6)40(43(58)60-7)44(27,5)36(48-34)18-30-22(4)25(11-14-38(51)52)33(47-30)17-32-24(21(3)28(46-32)15-31(23)45-29)10-13-37(50)49-35(41(55)56)19-39(53)54/h8-9,12,15-18,35,40,45,47H,1,10-11,13-14,19H2,2-7H3,(H,49,50)(H,51,52)(H,53,54)(H,55,56)/t35?,40-,44+/m0/s1. The number of rotatable bonds is 13. The molecule has 60 heavy (non-hydrogen) atoms. The number of nitrogens with one attached hydrogen (secondary N) is 3. The molecule has 5 heterocycles. The number of H-pyrrole nitrogens is 2. The number of aromatic nitrogens is 4. The van der Waals surface area contributed by atoms with Gasteiger partial charge in [0.05, 0.1) is 54.4 Å². The summed E-state index contributed by atoms with van der Waals surface area (Å²) >= 11 is 0. The molecule has 0 spiro atoms. The van der Waals surface area contributed by atoms with Crippen LogP contribution in [0.25, 0.3) is 44.9 Å².